The maximum absolute atomic E-state index is 6.56. The van der Waals surface area contributed by atoms with Gasteiger partial charge in [-0.15, -0.1) is 11.6 Å². The molecule has 1 atom stereocenters. The van der Waals surface area contributed by atoms with Crippen LogP contribution in [0.5, 0.6) is 0 Å². The highest BCUT2D eigenvalue weighted by Gasteiger charge is 2.16. The number of benzene rings is 2. The van der Waals surface area contributed by atoms with Crippen LogP contribution in [-0.2, 0) is 0 Å². The first-order valence-corrected chi connectivity index (χ1v) is 7.26. The van der Waals surface area contributed by atoms with Gasteiger partial charge in [-0.05, 0) is 60.7 Å². The first kappa shape index (κ1) is 14.7. The smallest absolute Gasteiger partial charge is 0.0850 e. The Hall–Kier alpha value is -0.690. The van der Waals surface area contributed by atoms with Gasteiger partial charge in [-0.25, -0.2) is 0 Å². The molecule has 100 valence electrons. The summed E-state index contributed by atoms with van der Waals surface area (Å²) >= 11 is 18.9. The first-order chi connectivity index (χ1) is 8.90. The quantitative estimate of drug-likeness (QED) is 0.575. The Morgan fingerprint density at radius 3 is 2.05 bits per heavy atom. The van der Waals surface area contributed by atoms with Gasteiger partial charge in [0.15, 0.2) is 0 Å². The standard InChI is InChI=1S/C16H15Cl3/c1-9-7-13(15(18)8-10(9)2)16(19)12-4-5-14(17)11(3)6-12/h4-8,16H,1-3H3. The summed E-state index contributed by atoms with van der Waals surface area (Å²) in [6.45, 7) is 6.07. The van der Waals surface area contributed by atoms with Crippen molar-refractivity contribution in [3.05, 3.63) is 68.2 Å². The highest BCUT2D eigenvalue weighted by molar-refractivity contribution is 6.33. The Kier molecular flexibility index (Phi) is 4.45. The number of hydrogen-bond donors (Lipinski definition) is 0. The number of aryl methyl sites for hydroxylation is 3. The van der Waals surface area contributed by atoms with Crippen molar-refractivity contribution in [2.24, 2.45) is 0 Å². The molecule has 0 aliphatic rings. The average Bonchev–Trinajstić information content (AvgIpc) is 2.36. The van der Waals surface area contributed by atoms with Gasteiger partial charge in [0.1, 0.15) is 0 Å². The molecule has 0 aliphatic carbocycles. The van der Waals surface area contributed by atoms with Crippen LogP contribution in [-0.4, -0.2) is 0 Å². The van der Waals surface area contributed by atoms with E-state index in [4.69, 9.17) is 34.8 Å². The molecule has 0 spiro atoms. The molecule has 0 fully saturated rings. The van der Waals surface area contributed by atoms with Crippen LogP contribution >= 0.6 is 34.8 Å². The normalized spacial score (nSPS) is 12.5. The Morgan fingerprint density at radius 2 is 1.42 bits per heavy atom. The zero-order chi connectivity index (χ0) is 14.2. The van der Waals surface area contributed by atoms with E-state index in [9.17, 15) is 0 Å². The molecule has 1 unspecified atom stereocenters. The lowest BCUT2D eigenvalue weighted by Gasteiger charge is -2.15. The van der Waals surface area contributed by atoms with E-state index in [1.165, 1.54) is 11.1 Å². The second-order valence-corrected chi connectivity index (χ2v) is 6.08. The largest absolute Gasteiger partial charge is 0.113 e. The number of rotatable bonds is 2. The summed E-state index contributed by atoms with van der Waals surface area (Å²) in [4.78, 5) is 0. The topological polar surface area (TPSA) is 0 Å². The van der Waals surface area contributed by atoms with Gasteiger partial charge in [0.2, 0.25) is 0 Å². The second-order valence-electron chi connectivity index (χ2n) is 4.83. The lowest BCUT2D eigenvalue weighted by molar-refractivity contribution is 1.12. The highest BCUT2D eigenvalue weighted by atomic mass is 35.5. The van der Waals surface area contributed by atoms with Gasteiger partial charge in [-0.3, -0.25) is 0 Å². The molecule has 0 bridgehead atoms. The minimum atomic E-state index is -0.261. The van der Waals surface area contributed by atoms with E-state index < -0.39 is 0 Å². The van der Waals surface area contributed by atoms with E-state index >= 15 is 0 Å². The van der Waals surface area contributed by atoms with Crippen molar-refractivity contribution in [3.8, 4) is 0 Å². The predicted octanol–water partition coefficient (Wildman–Crippen LogP) is 6.25. The van der Waals surface area contributed by atoms with Crippen molar-refractivity contribution < 1.29 is 0 Å². The molecule has 0 N–H and O–H groups in total. The summed E-state index contributed by atoms with van der Waals surface area (Å²) < 4.78 is 0. The predicted molar refractivity (Wildman–Crippen MR) is 84.8 cm³/mol. The lowest BCUT2D eigenvalue weighted by atomic mass is 9.99. The SMILES string of the molecule is Cc1cc(Cl)c(C(Cl)c2ccc(Cl)c(C)c2)cc1C. The Balaban J connectivity index is 2.46. The lowest BCUT2D eigenvalue weighted by Crippen LogP contribution is -1.97. The molecule has 0 saturated heterocycles. The fourth-order valence-electron chi connectivity index (χ4n) is 2.00. The van der Waals surface area contributed by atoms with E-state index in [-0.39, 0.29) is 5.38 Å². The summed E-state index contributed by atoms with van der Waals surface area (Å²) in [5, 5.41) is 1.19. The van der Waals surface area contributed by atoms with Crippen molar-refractivity contribution in [3.63, 3.8) is 0 Å². The van der Waals surface area contributed by atoms with Crippen molar-refractivity contribution in [2.75, 3.05) is 0 Å². The fourth-order valence-corrected chi connectivity index (χ4v) is 2.82. The van der Waals surface area contributed by atoms with Crippen LogP contribution in [0.15, 0.2) is 30.3 Å². The summed E-state index contributed by atoms with van der Waals surface area (Å²) in [7, 11) is 0. The molecule has 0 nitrogen and oxygen atoms in total. The first-order valence-electron chi connectivity index (χ1n) is 6.07. The van der Waals surface area contributed by atoms with Crippen LogP contribution in [0.25, 0.3) is 0 Å². The van der Waals surface area contributed by atoms with Crippen molar-refractivity contribution in [1.82, 2.24) is 0 Å². The van der Waals surface area contributed by atoms with E-state index in [1.54, 1.807) is 0 Å². The average molecular weight is 314 g/mol. The number of alkyl halides is 1. The van der Waals surface area contributed by atoms with E-state index in [0.29, 0.717) is 5.02 Å². The van der Waals surface area contributed by atoms with Gasteiger partial charge >= 0.3 is 0 Å². The van der Waals surface area contributed by atoms with Gasteiger partial charge < -0.3 is 0 Å². The molecular weight excluding hydrogens is 299 g/mol. The summed E-state index contributed by atoms with van der Waals surface area (Å²) in [6.07, 6.45) is 0. The van der Waals surface area contributed by atoms with E-state index in [1.807, 2.05) is 38.1 Å². The van der Waals surface area contributed by atoms with Crippen LogP contribution in [0, 0.1) is 20.8 Å². The fraction of sp³-hybridized carbons (Fsp3) is 0.250. The molecule has 19 heavy (non-hydrogen) atoms. The van der Waals surface area contributed by atoms with Crippen molar-refractivity contribution in [2.45, 2.75) is 26.1 Å². The minimum absolute atomic E-state index is 0.261. The molecule has 2 aromatic rings. The molecule has 2 aromatic carbocycles. The number of hydrogen-bond acceptors (Lipinski definition) is 0. The Labute approximate surface area is 129 Å². The van der Waals surface area contributed by atoms with Crippen LogP contribution in [0.1, 0.15) is 33.2 Å². The van der Waals surface area contributed by atoms with Crippen LogP contribution < -0.4 is 0 Å². The third kappa shape index (κ3) is 3.08. The molecule has 0 aliphatic heterocycles. The molecule has 0 radical (unpaired) electrons. The van der Waals surface area contributed by atoms with Crippen LogP contribution in [0.4, 0.5) is 0 Å². The van der Waals surface area contributed by atoms with Gasteiger partial charge in [0.05, 0.1) is 5.38 Å². The molecule has 0 heterocycles. The maximum Gasteiger partial charge on any atom is 0.0850 e. The summed E-state index contributed by atoms with van der Waals surface area (Å²) in [6, 6.07) is 9.84. The van der Waals surface area contributed by atoms with Crippen molar-refractivity contribution in [1.29, 1.82) is 0 Å². The van der Waals surface area contributed by atoms with Gasteiger partial charge in [-0.1, -0.05) is 41.4 Å². The molecule has 3 heteroatoms. The second kappa shape index (κ2) is 5.75. The third-order valence-electron chi connectivity index (χ3n) is 3.36. The van der Waals surface area contributed by atoms with Crippen molar-refractivity contribution >= 4 is 34.8 Å². The van der Waals surface area contributed by atoms with Gasteiger partial charge in [-0.2, -0.15) is 0 Å². The van der Waals surface area contributed by atoms with E-state index in [0.717, 1.165) is 21.7 Å². The van der Waals surface area contributed by atoms with Gasteiger partial charge in [0.25, 0.3) is 0 Å². The molecule has 0 saturated carbocycles. The van der Waals surface area contributed by atoms with Gasteiger partial charge in [0, 0.05) is 10.0 Å². The third-order valence-corrected chi connectivity index (χ3v) is 4.60. The monoisotopic (exact) mass is 312 g/mol. The summed E-state index contributed by atoms with van der Waals surface area (Å²) in [5.74, 6) is 0. The minimum Gasteiger partial charge on any atom is -0.113 e. The Morgan fingerprint density at radius 1 is 0.789 bits per heavy atom. The Bertz CT molecular complexity index is 618. The zero-order valence-corrected chi connectivity index (χ0v) is 13.4. The van der Waals surface area contributed by atoms with Crippen LogP contribution in [0.3, 0.4) is 0 Å². The molecular formula is C16H15Cl3. The van der Waals surface area contributed by atoms with Crippen LogP contribution in [0.2, 0.25) is 10.0 Å². The number of halogens is 3. The molecule has 0 amide bonds. The zero-order valence-electron chi connectivity index (χ0n) is 11.1. The van der Waals surface area contributed by atoms with E-state index in [2.05, 4.69) is 13.0 Å². The summed E-state index contributed by atoms with van der Waals surface area (Å²) in [5.41, 5.74) is 5.33. The highest BCUT2D eigenvalue weighted by Crippen LogP contribution is 2.36. The molecule has 0 aromatic heterocycles. The molecule has 2 rings (SSSR count). The maximum atomic E-state index is 6.56.